The van der Waals surface area contributed by atoms with E-state index in [1.54, 1.807) is 32.9 Å². The van der Waals surface area contributed by atoms with Crippen molar-refractivity contribution in [3.05, 3.63) is 29.3 Å². The zero-order chi connectivity index (χ0) is 14.1. The van der Waals surface area contributed by atoms with E-state index in [2.05, 4.69) is 0 Å². The van der Waals surface area contributed by atoms with Crippen molar-refractivity contribution in [3.63, 3.8) is 0 Å². The van der Waals surface area contributed by atoms with Crippen LogP contribution in [-0.2, 0) is 10.2 Å². The Morgan fingerprint density at radius 2 is 1.67 bits per heavy atom. The summed E-state index contributed by atoms with van der Waals surface area (Å²) in [4.78, 5) is 12.0. The maximum absolute atomic E-state index is 12.0. The van der Waals surface area contributed by atoms with Gasteiger partial charge in [0.05, 0.1) is 0 Å². The minimum absolute atomic E-state index is 0.0132. The number of aromatic hydroxyl groups is 1. The number of rotatable bonds is 1. The largest absolute Gasteiger partial charge is 0.507 e. The van der Waals surface area contributed by atoms with Crippen molar-refractivity contribution in [3.8, 4) is 5.75 Å². The van der Waals surface area contributed by atoms with Crippen molar-refractivity contribution in [2.45, 2.75) is 52.6 Å². The molecule has 0 saturated heterocycles. The second kappa shape index (κ2) is 4.63. The molecule has 0 saturated carbocycles. The number of hydrogen-bond acceptors (Lipinski definition) is 3. The number of phenols is 1. The highest BCUT2D eigenvalue weighted by Crippen LogP contribution is 2.33. The summed E-state index contributed by atoms with van der Waals surface area (Å²) in [6, 6.07) is 5.17. The first-order valence-electron chi connectivity index (χ1n) is 6.08. The lowest BCUT2D eigenvalue weighted by molar-refractivity contribution is 0.00666. The predicted octanol–water partition coefficient (Wildman–Crippen LogP) is 3.65. The van der Waals surface area contributed by atoms with E-state index < -0.39 is 11.6 Å². The molecule has 0 radical (unpaired) electrons. The van der Waals surface area contributed by atoms with Crippen LogP contribution >= 0.6 is 0 Å². The van der Waals surface area contributed by atoms with Crippen LogP contribution in [-0.4, -0.2) is 16.7 Å². The fraction of sp³-hybridized carbons (Fsp3) is 0.533. The summed E-state index contributed by atoms with van der Waals surface area (Å²) in [7, 11) is 0. The number of carbonyl (C=O) groups excluding carboxylic acids is 1. The number of phenolic OH excluding ortho intramolecular Hbond substituents is 1. The average molecular weight is 250 g/mol. The monoisotopic (exact) mass is 250 g/mol. The molecule has 3 nitrogen and oxygen atoms in total. The van der Waals surface area contributed by atoms with E-state index in [1.807, 2.05) is 26.8 Å². The maximum Gasteiger partial charge on any atom is 0.342 e. The highest BCUT2D eigenvalue weighted by molar-refractivity contribution is 5.93. The Labute approximate surface area is 109 Å². The van der Waals surface area contributed by atoms with Crippen LogP contribution in [0.2, 0.25) is 0 Å². The van der Waals surface area contributed by atoms with Crippen molar-refractivity contribution in [2.75, 3.05) is 0 Å². The Hall–Kier alpha value is -1.51. The van der Waals surface area contributed by atoms with Gasteiger partial charge < -0.3 is 9.84 Å². The van der Waals surface area contributed by atoms with Crippen molar-refractivity contribution < 1.29 is 14.6 Å². The van der Waals surface area contributed by atoms with Gasteiger partial charge in [-0.05, 0) is 32.3 Å². The molecule has 1 rings (SSSR count). The van der Waals surface area contributed by atoms with Gasteiger partial charge in [-0.15, -0.1) is 0 Å². The van der Waals surface area contributed by atoms with Crippen molar-refractivity contribution in [1.82, 2.24) is 0 Å². The second-order valence-corrected chi connectivity index (χ2v) is 6.45. The van der Waals surface area contributed by atoms with Gasteiger partial charge in [-0.1, -0.05) is 32.9 Å². The summed E-state index contributed by atoms with van der Waals surface area (Å²) in [5.41, 5.74) is 0.173. The molecule has 0 amide bonds. The molecule has 1 aromatic rings. The van der Waals surface area contributed by atoms with E-state index in [4.69, 9.17) is 4.74 Å². The van der Waals surface area contributed by atoms with Gasteiger partial charge in [-0.3, -0.25) is 0 Å². The number of para-hydroxylation sites is 1. The molecule has 0 atom stereocenters. The van der Waals surface area contributed by atoms with Gasteiger partial charge in [0.25, 0.3) is 0 Å². The Morgan fingerprint density at radius 1 is 1.11 bits per heavy atom. The molecule has 1 aromatic carbocycles. The molecule has 0 fully saturated rings. The number of carbonyl (C=O) groups is 1. The van der Waals surface area contributed by atoms with Gasteiger partial charge in [-0.2, -0.15) is 0 Å². The maximum atomic E-state index is 12.0. The fourth-order valence-corrected chi connectivity index (χ4v) is 1.65. The minimum Gasteiger partial charge on any atom is -0.507 e. The van der Waals surface area contributed by atoms with E-state index in [0.29, 0.717) is 0 Å². The molecule has 100 valence electrons. The van der Waals surface area contributed by atoms with Gasteiger partial charge in [0.1, 0.15) is 16.9 Å². The number of esters is 1. The van der Waals surface area contributed by atoms with E-state index >= 15 is 0 Å². The minimum atomic E-state index is -0.568. The molecule has 0 aliphatic carbocycles. The quantitative estimate of drug-likeness (QED) is 0.774. The molecule has 3 heteroatoms. The van der Waals surface area contributed by atoms with Gasteiger partial charge in [0, 0.05) is 5.56 Å². The smallest absolute Gasteiger partial charge is 0.342 e. The van der Waals surface area contributed by atoms with E-state index in [0.717, 1.165) is 5.56 Å². The topological polar surface area (TPSA) is 46.5 Å². The predicted molar refractivity (Wildman–Crippen MR) is 72.0 cm³/mol. The molecule has 0 aliphatic heterocycles. The molecule has 1 N–H and O–H groups in total. The lowest BCUT2D eigenvalue weighted by Gasteiger charge is -2.23. The SMILES string of the molecule is CC(C)(C)OC(=O)c1cccc(C(C)(C)C)c1O. The molecule has 0 aliphatic rings. The van der Waals surface area contributed by atoms with Crippen LogP contribution in [0.3, 0.4) is 0 Å². The van der Waals surface area contributed by atoms with Gasteiger partial charge in [0.15, 0.2) is 0 Å². The van der Waals surface area contributed by atoms with Crippen molar-refractivity contribution in [2.24, 2.45) is 0 Å². The number of benzene rings is 1. The molecule has 0 unspecified atom stereocenters. The van der Waals surface area contributed by atoms with E-state index in [-0.39, 0.29) is 16.7 Å². The Kier molecular flexibility index (Phi) is 3.75. The zero-order valence-corrected chi connectivity index (χ0v) is 12.0. The van der Waals surface area contributed by atoms with Gasteiger partial charge in [-0.25, -0.2) is 4.79 Å². The van der Waals surface area contributed by atoms with E-state index in [9.17, 15) is 9.90 Å². The third kappa shape index (κ3) is 3.49. The first-order valence-corrected chi connectivity index (χ1v) is 6.08. The summed E-state index contributed by atoms with van der Waals surface area (Å²) in [5, 5.41) is 10.2. The first kappa shape index (κ1) is 14.6. The van der Waals surface area contributed by atoms with Gasteiger partial charge in [0.2, 0.25) is 0 Å². The number of hydrogen-bond donors (Lipinski definition) is 1. The molecular weight excluding hydrogens is 228 g/mol. The highest BCUT2D eigenvalue weighted by atomic mass is 16.6. The molecule has 0 aromatic heterocycles. The van der Waals surface area contributed by atoms with Crippen LogP contribution < -0.4 is 0 Å². The van der Waals surface area contributed by atoms with Crippen molar-refractivity contribution in [1.29, 1.82) is 0 Å². The van der Waals surface area contributed by atoms with Crippen LogP contribution in [0.25, 0.3) is 0 Å². The Bertz CT molecular complexity index is 448. The normalized spacial score (nSPS) is 12.3. The summed E-state index contributed by atoms with van der Waals surface area (Å²) < 4.78 is 5.27. The van der Waals surface area contributed by atoms with Crippen LogP contribution in [0, 0.1) is 0 Å². The summed E-state index contributed by atoms with van der Waals surface area (Å²) >= 11 is 0. The zero-order valence-electron chi connectivity index (χ0n) is 12.0. The third-order valence-corrected chi connectivity index (χ3v) is 2.46. The Balaban J connectivity index is 3.16. The average Bonchev–Trinajstić information content (AvgIpc) is 2.12. The fourth-order valence-electron chi connectivity index (χ4n) is 1.65. The molecule has 0 bridgehead atoms. The third-order valence-electron chi connectivity index (χ3n) is 2.46. The van der Waals surface area contributed by atoms with Crippen LogP contribution in [0.15, 0.2) is 18.2 Å². The number of ether oxygens (including phenoxy) is 1. The lowest BCUT2D eigenvalue weighted by atomic mass is 9.85. The molecule has 0 heterocycles. The molecule has 0 spiro atoms. The highest BCUT2D eigenvalue weighted by Gasteiger charge is 2.25. The second-order valence-electron chi connectivity index (χ2n) is 6.45. The van der Waals surface area contributed by atoms with E-state index in [1.165, 1.54) is 0 Å². The lowest BCUT2D eigenvalue weighted by Crippen LogP contribution is -2.24. The summed E-state index contributed by atoms with van der Waals surface area (Å²) in [5.74, 6) is -0.481. The first-order chi connectivity index (χ1) is 8.02. The Morgan fingerprint density at radius 3 is 2.11 bits per heavy atom. The summed E-state index contributed by atoms with van der Waals surface area (Å²) in [6.07, 6.45) is 0. The van der Waals surface area contributed by atoms with Crippen LogP contribution in [0.4, 0.5) is 0 Å². The molecule has 18 heavy (non-hydrogen) atoms. The van der Waals surface area contributed by atoms with Crippen molar-refractivity contribution >= 4 is 5.97 Å². The summed E-state index contributed by atoms with van der Waals surface area (Å²) in [6.45, 7) is 11.4. The standard InChI is InChI=1S/C15H22O3/c1-14(2,3)11-9-7-8-10(12(11)16)13(17)18-15(4,5)6/h7-9,16H,1-6H3. The van der Waals surface area contributed by atoms with Crippen LogP contribution in [0.5, 0.6) is 5.75 Å². The van der Waals surface area contributed by atoms with Crippen LogP contribution in [0.1, 0.15) is 57.5 Å². The molecular formula is C15H22O3. The van der Waals surface area contributed by atoms with Gasteiger partial charge >= 0.3 is 5.97 Å².